The fourth-order valence-corrected chi connectivity index (χ4v) is 12.1. The van der Waals surface area contributed by atoms with Gasteiger partial charge in [0.2, 0.25) is 0 Å². The summed E-state index contributed by atoms with van der Waals surface area (Å²) in [6.45, 7) is -0.260. The Morgan fingerprint density at radius 1 is 0.216 bits per heavy atom. The van der Waals surface area contributed by atoms with Gasteiger partial charge in [-0.3, -0.25) is 0 Å². The Morgan fingerprint density at radius 3 is 0.838 bits per heavy atom. The van der Waals surface area contributed by atoms with Crippen LogP contribution in [0.15, 0.2) is 267 Å². The molecule has 8 heteroatoms. The Balaban J connectivity index is 1.05. The number of hydrogen-bond donors (Lipinski definition) is 0. The number of hydrogen-bond acceptors (Lipinski definition) is 6. The molecule has 0 unspecified atom stereocenters. The molecule has 15 rings (SSSR count). The van der Waals surface area contributed by atoms with Crippen LogP contribution >= 0.6 is 0 Å². The number of ether oxygens (including phenoxy) is 2. The summed E-state index contributed by atoms with van der Waals surface area (Å²) in [7, 11) is 0. The van der Waals surface area contributed by atoms with Gasteiger partial charge in [-0.05, 0) is 124 Å². The van der Waals surface area contributed by atoms with Crippen LogP contribution in [0.4, 0.5) is 68.2 Å². The molecular weight excluding hydrogens is 902 g/mol. The Kier molecular flexibility index (Phi) is 9.67. The first kappa shape index (κ1) is 42.1. The maximum Gasteiger partial charge on any atom is 0.252 e. The van der Waals surface area contributed by atoms with E-state index in [-0.39, 0.29) is 13.4 Å². The maximum absolute atomic E-state index is 6.89. The third-order valence-electron chi connectivity index (χ3n) is 15.0. The van der Waals surface area contributed by atoms with Crippen molar-refractivity contribution < 1.29 is 9.47 Å². The van der Waals surface area contributed by atoms with Crippen molar-refractivity contribution in [2.24, 2.45) is 0 Å². The Labute approximate surface area is 431 Å². The minimum Gasteiger partial charge on any atom is -0.457 e. The van der Waals surface area contributed by atoms with Crippen molar-refractivity contribution in [1.29, 1.82) is 0 Å². The van der Waals surface area contributed by atoms with E-state index in [0.717, 1.165) is 91.2 Å². The lowest BCUT2D eigenvalue weighted by Crippen LogP contribution is -2.65. The minimum atomic E-state index is -0.130. The number of benzene rings is 11. The molecule has 4 heterocycles. The average molecular weight is 947 g/mol. The summed E-state index contributed by atoms with van der Waals surface area (Å²) in [5, 5.41) is 0. The van der Waals surface area contributed by atoms with Gasteiger partial charge in [-0.1, -0.05) is 152 Å². The molecule has 0 amide bonds. The molecule has 0 saturated heterocycles. The van der Waals surface area contributed by atoms with Crippen molar-refractivity contribution in [3.63, 3.8) is 0 Å². The Bertz CT molecular complexity index is 3690. The second-order valence-corrected chi connectivity index (χ2v) is 19.2. The standard InChI is InChI=1S/C66H44B2N4O2/c1-7-23-45(24-8-1)69-57-37-21-19-35-53(57)67-55-43-56-60(44-59(55)71(47-27-11-3-12-28-47)63-41-51(39-61(69)65(63)67)73-49-31-15-5-16-32-49)72(48-29-13-4-14-30-48)64-42-52(74-50-33-17-6-18-34-50)40-62-66(64)68(56)54-36-20-22-38-58(54)70(62)46-25-9-2-10-26-46/h1-44H. The number of anilines is 12. The van der Waals surface area contributed by atoms with E-state index in [1.165, 1.54) is 32.8 Å². The summed E-state index contributed by atoms with van der Waals surface area (Å²) in [4.78, 5) is 9.81. The van der Waals surface area contributed by atoms with Crippen molar-refractivity contribution in [1.82, 2.24) is 0 Å². The highest BCUT2D eigenvalue weighted by atomic mass is 16.5. The zero-order chi connectivity index (χ0) is 48.7. The van der Waals surface area contributed by atoms with Crippen LogP contribution in [0.25, 0.3) is 0 Å². The summed E-state index contributed by atoms with van der Waals surface area (Å²) in [5.74, 6) is 3.07. The highest BCUT2D eigenvalue weighted by Crippen LogP contribution is 2.50. The van der Waals surface area contributed by atoms with E-state index in [1.54, 1.807) is 0 Å². The second-order valence-electron chi connectivity index (χ2n) is 19.2. The van der Waals surface area contributed by atoms with Crippen molar-refractivity contribution in [3.05, 3.63) is 267 Å². The van der Waals surface area contributed by atoms with Gasteiger partial charge in [0.1, 0.15) is 23.0 Å². The predicted octanol–water partition coefficient (Wildman–Crippen LogP) is 13.4. The van der Waals surface area contributed by atoms with Crippen molar-refractivity contribution in [3.8, 4) is 23.0 Å². The largest absolute Gasteiger partial charge is 0.457 e. The molecule has 0 aromatic heterocycles. The minimum absolute atomic E-state index is 0.130. The van der Waals surface area contributed by atoms with Crippen molar-refractivity contribution in [2.45, 2.75) is 0 Å². The summed E-state index contributed by atoms with van der Waals surface area (Å²) in [5.41, 5.74) is 20.5. The molecule has 0 saturated carbocycles. The van der Waals surface area contributed by atoms with E-state index in [2.05, 4.69) is 226 Å². The molecule has 0 bridgehead atoms. The van der Waals surface area contributed by atoms with Gasteiger partial charge >= 0.3 is 0 Å². The van der Waals surface area contributed by atoms with E-state index < -0.39 is 0 Å². The van der Waals surface area contributed by atoms with Crippen molar-refractivity contribution in [2.75, 3.05) is 19.6 Å². The predicted molar refractivity (Wildman–Crippen MR) is 308 cm³/mol. The van der Waals surface area contributed by atoms with E-state index in [4.69, 9.17) is 9.47 Å². The fourth-order valence-electron chi connectivity index (χ4n) is 12.1. The number of fused-ring (bicyclic) bond motifs is 8. The molecule has 346 valence electrons. The molecule has 11 aromatic rings. The van der Waals surface area contributed by atoms with Gasteiger partial charge in [-0.15, -0.1) is 0 Å². The maximum atomic E-state index is 6.89. The van der Waals surface area contributed by atoms with Gasteiger partial charge in [-0.25, -0.2) is 0 Å². The molecular formula is C66H44B2N4O2. The quantitative estimate of drug-likeness (QED) is 0.141. The molecule has 4 aliphatic rings. The molecule has 0 radical (unpaired) electrons. The van der Waals surface area contributed by atoms with Crippen LogP contribution in [0.5, 0.6) is 23.0 Å². The monoisotopic (exact) mass is 946 g/mol. The first-order valence-electron chi connectivity index (χ1n) is 25.3. The normalized spacial score (nSPS) is 13.2. The van der Waals surface area contributed by atoms with E-state index in [1.807, 2.05) is 60.7 Å². The average Bonchev–Trinajstić information content (AvgIpc) is 3.56. The summed E-state index contributed by atoms with van der Waals surface area (Å²) >= 11 is 0. The molecule has 11 aromatic carbocycles. The molecule has 6 nitrogen and oxygen atoms in total. The van der Waals surface area contributed by atoms with Crippen LogP contribution < -0.4 is 61.9 Å². The van der Waals surface area contributed by atoms with E-state index in [0.29, 0.717) is 0 Å². The number of nitrogens with zero attached hydrogens (tertiary/aromatic N) is 4. The third kappa shape index (κ3) is 6.62. The SMILES string of the molecule is c1ccc(Oc2cc3c4c(c2)N(c2ccccc2)c2cc5c(cc2B4c2ccccc2N3c2ccccc2)B2c3ccccc3N(c3ccccc3)c3cc(Oc4ccccc4)cc(c32)N5c2ccccc2)cc1. The van der Waals surface area contributed by atoms with Gasteiger partial charge in [0.25, 0.3) is 13.4 Å². The third-order valence-corrected chi connectivity index (χ3v) is 15.0. The molecule has 0 aliphatic carbocycles. The van der Waals surface area contributed by atoms with Crippen LogP contribution in [-0.4, -0.2) is 13.4 Å². The zero-order valence-corrected chi connectivity index (χ0v) is 40.2. The van der Waals surface area contributed by atoms with Crippen LogP contribution in [-0.2, 0) is 0 Å². The number of para-hydroxylation sites is 8. The lowest BCUT2D eigenvalue weighted by atomic mass is 9.30. The molecule has 0 spiro atoms. The van der Waals surface area contributed by atoms with E-state index in [9.17, 15) is 0 Å². The van der Waals surface area contributed by atoms with Crippen molar-refractivity contribution >= 4 is 114 Å². The van der Waals surface area contributed by atoms with Gasteiger partial charge in [-0.2, -0.15) is 0 Å². The molecule has 0 fully saturated rings. The smallest absolute Gasteiger partial charge is 0.252 e. The Hall–Kier alpha value is -9.65. The van der Waals surface area contributed by atoms with Crippen LogP contribution in [0, 0.1) is 0 Å². The first-order valence-corrected chi connectivity index (χ1v) is 25.3. The lowest BCUT2D eigenvalue weighted by Gasteiger charge is -2.47. The summed E-state index contributed by atoms with van der Waals surface area (Å²) in [6.07, 6.45) is 0. The first-order chi connectivity index (χ1) is 36.7. The lowest BCUT2D eigenvalue weighted by molar-refractivity contribution is 0.483. The highest BCUT2D eigenvalue weighted by Gasteiger charge is 2.48. The number of rotatable bonds is 8. The van der Waals surface area contributed by atoms with E-state index >= 15 is 0 Å². The molecule has 0 N–H and O–H groups in total. The summed E-state index contributed by atoms with van der Waals surface area (Å²) in [6, 6.07) is 95.4. The van der Waals surface area contributed by atoms with Crippen LogP contribution in [0.1, 0.15) is 0 Å². The van der Waals surface area contributed by atoms with Gasteiger partial charge < -0.3 is 29.1 Å². The second kappa shape index (κ2) is 17.0. The fraction of sp³-hybridized carbons (Fsp3) is 0. The van der Waals surface area contributed by atoms with Gasteiger partial charge in [0.15, 0.2) is 0 Å². The highest BCUT2D eigenvalue weighted by molar-refractivity contribution is 7.03. The topological polar surface area (TPSA) is 31.4 Å². The zero-order valence-electron chi connectivity index (χ0n) is 40.2. The molecule has 74 heavy (non-hydrogen) atoms. The Morgan fingerprint density at radius 2 is 0.500 bits per heavy atom. The molecule has 4 aliphatic heterocycles. The van der Waals surface area contributed by atoms with Gasteiger partial charge in [0.05, 0.1) is 0 Å². The van der Waals surface area contributed by atoms with Crippen LogP contribution in [0.3, 0.4) is 0 Å². The van der Waals surface area contributed by atoms with Gasteiger partial charge in [0, 0.05) is 92.5 Å². The van der Waals surface area contributed by atoms with Crippen LogP contribution in [0.2, 0.25) is 0 Å². The summed E-state index contributed by atoms with van der Waals surface area (Å²) < 4.78 is 13.8. The molecule has 0 atom stereocenters.